The second-order valence-corrected chi connectivity index (χ2v) is 6.12. The first-order valence-electron chi connectivity index (χ1n) is 7.02. The van der Waals surface area contributed by atoms with Gasteiger partial charge in [-0.3, -0.25) is 9.78 Å². The van der Waals surface area contributed by atoms with Gasteiger partial charge in [0.15, 0.2) is 5.78 Å². The summed E-state index contributed by atoms with van der Waals surface area (Å²) in [6.07, 6.45) is 4.64. The molecule has 0 saturated heterocycles. The van der Waals surface area contributed by atoms with Crippen LogP contribution in [0.1, 0.15) is 40.4 Å². The zero-order valence-electron chi connectivity index (χ0n) is 11.8. The van der Waals surface area contributed by atoms with Crippen LogP contribution in [0.5, 0.6) is 5.75 Å². The fraction of sp³-hybridized carbons (Fsp3) is 0.294. The number of nitrogens with zero attached hydrogens (tertiary/aromatic N) is 1. The van der Waals surface area contributed by atoms with E-state index in [1.54, 1.807) is 13.3 Å². The molecule has 2 aromatic rings. The highest BCUT2D eigenvalue weighted by atomic mass is 79.9. The molecule has 0 N–H and O–H groups in total. The van der Waals surface area contributed by atoms with Gasteiger partial charge in [0, 0.05) is 10.7 Å². The highest BCUT2D eigenvalue weighted by Gasteiger charge is 2.29. The molecule has 0 bridgehead atoms. The number of carbonyl (C=O) groups excluding carboxylic acids is 1. The number of Topliss-reactive ketones (excluding diaryl/α,β-unsaturated/α-hetero) is 1. The van der Waals surface area contributed by atoms with Crippen molar-refractivity contribution < 1.29 is 9.53 Å². The molecule has 1 aliphatic carbocycles. The number of hydrogen-bond donors (Lipinski definition) is 0. The van der Waals surface area contributed by atoms with Crippen LogP contribution in [0.2, 0.25) is 0 Å². The molecule has 0 amide bonds. The fourth-order valence-corrected chi connectivity index (χ4v) is 3.26. The Balaban J connectivity index is 2.00. The van der Waals surface area contributed by atoms with Crippen molar-refractivity contribution >= 4 is 21.7 Å². The summed E-state index contributed by atoms with van der Waals surface area (Å²) in [6.45, 7) is 0. The lowest BCUT2D eigenvalue weighted by molar-refractivity contribution is 0.0946. The number of benzene rings is 1. The first-order chi connectivity index (χ1) is 10.2. The summed E-state index contributed by atoms with van der Waals surface area (Å²) in [7, 11) is 1.59. The predicted octanol–water partition coefficient (Wildman–Crippen LogP) is 4.16. The fourth-order valence-electron chi connectivity index (χ4n) is 2.92. The van der Waals surface area contributed by atoms with Crippen LogP contribution in [0.3, 0.4) is 0 Å². The van der Waals surface area contributed by atoms with Crippen LogP contribution in [0.4, 0.5) is 0 Å². The monoisotopic (exact) mass is 345 g/mol. The third-order valence-electron chi connectivity index (χ3n) is 3.94. The number of pyridine rings is 1. The van der Waals surface area contributed by atoms with Crippen LogP contribution < -0.4 is 4.74 Å². The topological polar surface area (TPSA) is 39.2 Å². The van der Waals surface area contributed by atoms with Gasteiger partial charge >= 0.3 is 0 Å². The molecule has 1 heterocycles. The minimum atomic E-state index is -0.162. The molecule has 1 aromatic carbocycles. The van der Waals surface area contributed by atoms with Gasteiger partial charge in [0.25, 0.3) is 0 Å². The van der Waals surface area contributed by atoms with Crippen molar-refractivity contribution in [3.63, 3.8) is 0 Å². The quantitative estimate of drug-likeness (QED) is 0.784. The average Bonchev–Trinajstić information content (AvgIpc) is 2.53. The number of halogens is 1. The smallest absolute Gasteiger partial charge is 0.175 e. The number of aromatic nitrogens is 1. The normalized spacial score (nSPS) is 17.1. The van der Waals surface area contributed by atoms with Crippen molar-refractivity contribution in [3.8, 4) is 5.75 Å². The number of carbonyl (C=O) groups is 1. The molecule has 1 aromatic heterocycles. The van der Waals surface area contributed by atoms with Crippen LogP contribution in [-0.4, -0.2) is 17.9 Å². The lowest BCUT2D eigenvalue weighted by Gasteiger charge is -2.23. The van der Waals surface area contributed by atoms with Crippen LogP contribution in [0.15, 0.2) is 41.0 Å². The Hall–Kier alpha value is -1.68. The number of aryl methyl sites for hydroxylation is 1. The third-order valence-corrected chi connectivity index (χ3v) is 4.43. The second kappa shape index (κ2) is 5.98. The van der Waals surface area contributed by atoms with Crippen molar-refractivity contribution in [1.29, 1.82) is 0 Å². The summed E-state index contributed by atoms with van der Waals surface area (Å²) in [5, 5.41) is 0. The molecule has 108 valence electrons. The molecular weight excluding hydrogens is 330 g/mol. The van der Waals surface area contributed by atoms with Crippen molar-refractivity contribution in [2.45, 2.75) is 25.2 Å². The molecule has 0 fully saturated rings. The number of ketones is 1. The summed E-state index contributed by atoms with van der Waals surface area (Å²) in [5.74, 6) is 0.543. The van der Waals surface area contributed by atoms with Crippen LogP contribution in [-0.2, 0) is 6.42 Å². The van der Waals surface area contributed by atoms with Crippen molar-refractivity contribution in [2.75, 3.05) is 7.11 Å². The van der Waals surface area contributed by atoms with Gasteiger partial charge < -0.3 is 4.74 Å². The Morgan fingerprint density at radius 2 is 2.24 bits per heavy atom. The van der Waals surface area contributed by atoms with Gasteiger partial charge in [-0.15, -0.1) is 0 Å². The zero-order chi connectivity index (χ0) is 14.8. The Kier molecular flexibility index (Phi) is 4.06. The maximum atomic E-state index is 12.9. The average molecular weight is 346 g/mol. The van der Waals surface area contributed by atoms with E-state index < -0.39 is 0 Å². The summed E-state index contributed by atoms with van der Waals surface area (Å²) in [6, 6.07) is 9.53. The third kappa shape index (κ3) is 2.72. The highest BCUT2D eigenvalue weighted by Crippen LogP contribution is 2.35. The second-order valence-electron chi connectivity index (χ2n) is 5.20. The van der Waals surface area contributed by atoms with Crippen molar-refractivity contribution in [1.82, 2.24) is 4.98 Å². The first kappa shape index (κ1) is 14.3. The number of hydrogen-bond acceptors (Lipinski definition) is 3. The van der Waals surface area contributed by atoms with E-state index in [-0.39, 0.29) is 11.7 Å². The number of ether oxygens (including phenoxy) is 1. The maximum Gasteiger partial charge on any atom is 0.175 e. The van der Waals surface area contributed by atoms with E-state index in [1.165, 1.54) is 5.56 Å². The van der Waals surface area contributed by atoms with Gasteiger partial charge in [-0.1, -0.05) is 22.0 Å². The van der Waals surface area contributed by atoms with Gasteiger partial charge in [-0.05, 0) is 49.1 Å². The van der Waals surface area contributed by atoms with E-state index >= 15 is 0 Å². The predicted molar refractivity (Wildman–Crippen MR) is 84.9 cm³/mol. The van der Waals surface area contributed by atoms with E-state index in [4.69, 9.17) is 4.74 Å². The summed E-state index contributed by atoms with van der Waals surface area (Å²) in [5.41, 5.74) is 2.75. The Bertz CT molecular complexity index is 684. The lowest BCUT2D eigenvalue weighted by Crippen LogP contribution is -2.20. The summed E-state index contributed by atoms with van der Waals surface area (Å²) in [4.78, 5) is 17.4. The molecule has 3 nitrogen and oxygen atoms in total. The van der Waals surface area contributed by atoms with E-state index in [9.17, 15) is 4.79 Å². The van der Waals surface area contributed by atoms with Crippen molar-refractivity contribution in [2.24, 2.45) is 0 Å². The Labute approximate surface area is 132 Å². The molecule has 4 heteroatoms. The van der Waals surface area contributed by atoms with E-state index in [1.807, 2.05) is 24.3 Å². The largest absolute Gasteiger partial charge is 0.496 e. The lowest BCUT2D eigenvalue weighted by atomic mass is 9.82. The van der Waals surface area contributed by atoms with Crippen LogP contribution in [0.25, 0.3) is 0 Å². The maximum absolute atomic E-state index is 12.9. The van der Waals surface area contributed by atoms with E-state index in [2.05, 4.69) is 27.0 Å². The molecule has 0 saturated carbocycles. The van der Waals surface area contributed by atoms with Gasteiger partial charge in [0.2, 0.25) is 0 Å². The number of rotatable bonds is 3. The molecule has 3 rings (SSSR count). The van der Waals surface area contributed by atoms with Gasteiger partial charge in [-0.2, -0.15) is 0 Å². The highest BCUT2D eigenvalue weighted by molar-refractivity contribution is 9.10. The molecule has 1 atom stereocenters. The summed E-state index contributed by atoms with van der Waals surface area (Å²) >= 11 is 3.40. The molecule has 1 unspecified atom stereocenters. The SMILES string of the molecule is COc1cc(Br)ccc1C(=O)C1CCCc2cccnc21. The molecule has 21 heavy (non-hydrogen) atoms. The number of fused-ring (bicyclic) bond motifs is 1. The first-order valence-corrected chi connectivity index (χ1v) is 7.81. The van der Waals surface area contributed by atoms with Gasteiger partial charge in [0.1, 0.15) is 5.75 Å². The van der Waals surface area contributed by atoms with Crippen molar-refractivity contribution in [3.05, 3.63) is 57.8 Å². The minimum absolute atomic E-state index is 0.0963. The zero-order valence-corrected chi connectivity index (χ0v) is 13.4. The Morgan fingerprint density at radius 1 is 1.38 bits per heavy atom. The van der Waals surface area contributed by atoms with Crippen LogP contribution in [0, 0.1) is 0 Å². The van der Waals surface area contributed by atoms with E-state index in [0.29, 0.717) is 11.3 Å². The molecule has 0 aliphatic heterocycles. The molecule has 1 aliphatic rings. The Morgan fingerprint density at radius 3 is 3.05 bits per heavy atom. The molecule has 0 spiro atoms. The van der Waals surface area contributed by atoms with E-state index in [0.717, 1.165) is 29.4 Å². The standard InChI is InChI=1S/C17H16BrNO2/c1-21-15-10-12(18)7-8-13(15)17(20)14-6-2-4-11-5-3-9-19-16(11)14/h3,5,7-10,14H,2,4,6H2,1H3. The van der Waals surface area contributed by atoms with Crippen LogP contribution >= 0.6 is 15.9 Å². The van der Waals surface area contributed by atoms with Gasteiger partial charge in [-0.25, -0.2) is 0 Å². The van der Waals surface area contributed by atoms with Gasteiger partial charge in [0.05, 0.1) is 24.3 Å². The summed E-state index contributed by atoms with van der Waals surface area (Å²) < 4.78 is 6.26. The molecular formula is C17H16BrNO2. The minimum Gasteiger partial charge on any atom is -0.496 e. The molecule has 0 radical (unpaired) electrons. The number of methoxy groups -OCH3 is 1.